The van der Waals surface area contributed by atoms with Gasteiger partial charge in [-0.25, -0.2) is 0 Å². The first-order chi connectivity index (χ1) is 16.3. The number of para-hydroxylation sites is 1. The van der Waals surface area contributed by atoms with E-state index in [0.29, 0.717) is 0 Å². The molecule has 33 heavy (non-hydrogen) atoms. The molecule has 3 aliphatic rings. The number of hydrogen-bond donors (Lipinski definition) is 1. The van der Waals surface area contributed by atoms with Gasteiger partial charge in [-0.3, -0.25) is 0 Å². The van der Waals surface area contributed by atoms with Crippen LogP contribution < -0.4 is 24.9 Å². The molecule has 4 heterocycles. The molecule has 0 radical (unpaired) electrons. The smallest absolute Gasteiger partial charge is 0.229 e. The number of anilines is 5. The van der Waals surface area contributed by atoms with Crippen LogP contribution in [0.15, 0.2) is 30.3 Å². The maximum absolute atomic E-state index is 5.62. The first-order valence-electron chi connectivity index (χ1n) is 12.2. The van der Waals surface area contributed by atoms with Crippen LogP contribution in [0.3, 0.4) is 0 Å². The normalized spacial score (nSPS) is 19.7. The number of rotatable bonds is 6. The Balaban J connectivity index is 1.45. The molecular formula is C24H35N7O2. The minimum absolute atomic E-state index is 0.730. The lowest BCUT2D eigenvalue weighted by atomic mass is 10.2. The van der Waals surface area contributed by atoms with Crippen molar-refractivity contribution < 1.29 is 9.47 Å². The van der Waals surface area contributed by atoms with Gasteiger partial charge in [0.1, 0.15) is 5.69 Å². The Morgan fingerprint density at radius 3 is 1.73 bits per heavy atom. The molecule has 0 bridgehead atoms. The average molecular weight is 454 g/mol. The summed E-state index contributed by atoms with van der Waals surface area (Å²) in [4.78, 5) is 19.7. The number of nitrogens with one attached hydrogen (secondary N) is 1. The molecule has 2 aromatic rings. The van der Waals surface area contributed by atoms with Crippen LogP contribution in [0, 0.1) is 0 Å². The molecule has 0 amide bonds. The number of hydrogen-bond acceptors (Lipinski definition) is 9. The van der Waals surface area contributed by atoms with E-state index in [1.807, 2.05) is 0 Å². The van der Waals surface area contributed by atoms with Gasteiger partial charge in [-0.15, -0.1) is 0 Å². The SMILES string of the molecule is CCNc1c(N2CCOCC2)nc(N2CCN(c3ccccc3)CC2)nc1N1CCOCC1. The van der Waals surface area contributed by atoms with Crippen molar-refractivity contribution in [1.82, 2.24) is 9.97 Å². The van der Waals surface area contributed by atoms with E-state index in [1.54, 1.807) is 0 Å². The summed E-state index contributed by atoms with van der Waals surface area (Å²) in [5, 5.41) is 3.58. The molecule has 1 N–H and O–H groups in total. The third kappa shape index (κ3) is 4.94. The predicted molar refractivity (Wildman–Crippen MR) is 133 cm³/mol. The van der Waals surface area contributed by atoms with Gasteiger partial charge in [0.05, 0.1) is 26.4 Å². The van der Waals surface area contributed by atoms with Gasteiger partial charge in [0.2, 0.25) is 5.95 Å². The number of ether oxygens (including phenoxy) is 2. The highest BCUT2D eigenvalue weighted by Crippen LogP contribution is 2.36. The maximum atomic E-state index is 5.62. The van der Waals surface area contributed by atoms with Gasteiger partial charge in [-0.2, -0.15) is 9.97 Å². The molecule has 3 fully saturated rings. The van der Waals surface area contributed by atoms with Crippen molar-refractivity contribution in [3.8, 4) is 0 Å². The second-order valence-corrected chi connectivity index (χ2v) is 8.58. The van der Waals surface area contributed by atoms with E-state index in [0.717, 1.165) is 109 Å². The summed E-state index contributed by atoms with van der Waals surface area (Å²) in [7, 11) is 0. The number of nitrogens with zero attached hydrogens (tertiary/aromatic N) is 6. The third-order valence-corrected chi connectivity index (χ3v) is 6.52. The van der Waals surface area contributed by atoms with E-state index in [-0.39, 0.29) is 0 Å². The van der Waals surface area contributed by atoms with Gasteiger partial charge >= 0.3 is 0 Å². The van der Waals surface area contributed by atoms with E-state index in [1.165, 1.54) is 5.69 Å². The minimum atomic E-state index is 0.730. The lowest BCUT2D eigenvalue weighted by molar-refractivity contribution is 0.122. The third-order valence-electron chi connectivity index (χ3n) is 6.52. The number of morpholine rings is 2. The van der Waals surface area contributed by atoms with Gasteiger partial charge in [0, 0.05) is 64.6 Å². The Hall–Kier alpha value is -2.78. The van der Waals surface area contributed by atoms with E-state index in [2.05, 4.69) is 62.2 Å². The van der Waals surface area contributed by atoms with Crippen LogP contribution in [0.4, 0.5) is 29.0 Å². The number of piperazine rings is 1. The number of benzene rings is 1. The van der Waals surface area contributed by atoms with Crippen LogP contribution in [0.1, 0.15) is 6.92 Å². The fraction of sp³-hybridized carbons (Fsp3) is 0.583. The summed E-state index contributed by atoms with van der Waals surface area (Å²) in [6.45, 7) is 13.0. The molecule has 0 atom stereocenters. The molecule has 3 saturated heterocycles. The number of aromatic nitrogens is 2. The van der Waals surface area contributed by atoms with Gasteiger partial charge in [-0.05, 0) is 19.1 Å². The quantitative estimate of drug-likeness (QED) is 0.706. The van der Waals surface area contributed by atoms with E-state index < -0.39 is 0 Å². The minimum Gasteiger partial charge on any atom is -0.379 e. The van der Waals surface area contributed by atoms with E-state index in [9.17, 15) is 0 Å². The maximum Gasteiger partial charge on any atom is 0.229 e. The summed E-state index contributed by atoms with van der Waals surface area (Å²) in [6, 6.07) is 10.6. The Bertz CT molecular complexity index is 854. The molecule has 178 valence electrons. The topological polar surface area (TPSA) is 69.2 Å². The Morgan fingerprint density at radius 1 is 0.697 bits per heavy atom. The molecule has 1 aromatic heterocycles. The summed E-state index contributed by atoms with van der Waals surface area (Å²) < 4.78 is 11.2. The fourth-order valence-electron chi connectivity index (χ4n) is 4.71. The monoisotopic (exact) mass is 453 g/mol. The molecule has 0 spiro atoms. The van der Waals surface area contributed by atoms with Gasteiger partial charge in [0.15, 0.2) is 11.6 Å². The molecule has 5 rings (SSSR count). The molecule has 1 aromatic carbocycles. The Kier molecular flexibility index (Phi) is 6.97. The average Bonchev–Trinajstić information content (AvgIpc) is 2.90. The van der Waals surface area contributed by atoms with Crippen LogP contribution in [0.5, 0.6) is 0 Å². The highest BCUT2D eigenvalue weighted by atomic mass is 16.5. The predicted octanol–water partition coefficient (Wildman–Crippen LogP) is 1.91. The molecular weight excluding hydrogens is 418 g/mol. The zero-order valence-electron chi connectivity index (χ0n) is 19.6. The molecule has 0 aliphatic carbocycles. The largest absolute Gasteiger partial charge is 0.379 e. The van der Waals surface area contributed by atoms with Crippen LogP contribution in [0.25, 0.3) is 0 Å². The Morgan fingerprint density at radius 2 is 1.21 bits per heavy atom. The summed E-state index contributed by atoms with van der Waals surface area (Å²) in [6.07, 6.45) is 0. The van der Waals surface area contributed by atoms with Crippen molar-refractivity contribution >= 4 is 29.0 Å². The van der Waals surface area contributed by atoms with Crippen molar-refractivity contribution in [2.75, 3.05) is 110 Å². The second-order valence-electron chi connectivity index (χ2n) is 8.58. The van der Waals surface area contributed by atoms with Gasteiger partial charge in [-0.1, -0.05) is 18.2 Å². The van der Waals surface area contributed by atoms with Gasteiger partial charge < -0.3 is 34.4 Å². The van der Waals surface area contributed by atoms with Crippen LogP contribution in [-0.4, -0.2) is 95.3 Å². The lowest BCUT2D eigenvalue weighted by Gasteiger charge is -2.38. The standard InChI is InChI=1S/C24H35N7O2/c1-2-25-21-22(29-12-16-32-17-13-29)26-24(27-23(21)30-14-18-33-19-15-30)31-10-8-28(9-11-31)20-6-4-3-5-7-20/h3-7,25H,2,8-19H2,1H3. The molecule has 0 saturated carbocycles. The first kappa shape index (κ1) is 22.0. The highest BCUT2D eigenvalue weighted by molar-refractivity contribution is 5.80. The molecule has 0 unspecified atom stereocenters. The zero-order valence-corrected chi connectivity index (χ0v) is 19.6. The molecule has 9 nitrogen and oxygen atoms in total. The molecule has 9 heteroatoms. The highest BCUT2D eigenvalue weighted by Gasteiger charge is 2.28. The van der Waals surface area contributed by atoms with Crippen molar-refractivity contribution in [2.24, 2.45) is 0 Å². The van der Waals surface area contributed by atoms with E-state index in [4.69, 9.17) is 19.4 Å². The van der Waals surface area contributed by atoms with Crippen molar-refractivity contribution in [2.45, 2.75) is 6.92 Å². The second kappa shape index (κ2) is 10.4. The fourth-order valence-corrected chi connectivity index (χ4v) is 4.71. The van der Waals surface area contributed by atoms with Crippen LogP contribution in [-0.2, 0) is 9.47 Å². The molecule has 3 aliphatic heterocycles. The van der Waals surface area contributed by atoms with E-state index >= 15 is 0 Å². The van der Waals surface area contributed by atoms with Gasteiger partial charge in [0.25, 0.3) is 0 Å². The first-order valence-corrected chi connectivity index (χ1v) is 12.2. The van der Waals surface area contributed by atoms with Crippen LogP contribution >= 0.6 is 0 Å². The van der Waals surface area contributed by atoms with Crippen LogP contribution in [0.2, 0.25) is 0 Å². The Labute approximate surface area is 196 Å². The lowest BCUT2D eigenvalue weighted by Crippen LogP contribution is -2.47. The summed E-state index contributed by atoms with van der Waals surface area (Å²) >= 11 is 0. The van der Waals surface area contributed by atoms with Crippen molar-refractivity contribution in [1.29, 1.82) is 0 Å². The zero-order chi connectivity index (χ0) is 22.5. The van der Waals surface area contributed by atoms with Crippen molar-refractivity contribution in [3.05, 3.63) is 30.3 Å². The van der Waals surface area contributed by atoms with Crippen molar-refractivity contribution in [3.63, 3.8) is 0 Å². The summed E-state index contributed by atoms with van der Waals surface area (Å²) in [5.74, 6) is 2.82. The summed E-state index contributed by atoms with van der Waals surface area (Å²) in [5.41, 5.74) is 2.32.